The molecule has 2 aromatic rings. The average Bonchev–Trinajstić information content (AvgIpc) is 2.75. The van der Waals surface area contributed by atoms with E-state index in [1.807, 2.05) is 13.0 Å². The molecule has 1 amide bonds. The highest BCUT2D eigenvalue weighted by Crippen LogP contribution is 2.25. The Morgan fingerprint density at radius 2 is 2.29 bits per heavy atom. The Morgan fingerprint density at radius 3 is 2.86 bits per heavy atom. The number of carbonyl (C=O) groups is 1. The zero-order valence-electron chi connectivity index (χ0n) is 11.6. The van der Waals surface area contributed by atoms with E-state index in [1.54, 1.807) is 19.2 Å². The molecule has 0 aliphatic heterocycles. The number of benzene rings is 1. The van der Waals surface area contributed by atoms with Crippen molar-refractivity contribution in [2.24, 2.45) is 7.05 Å². The minimum absolute atomic E-state index is 0.269. The Kier molecular flexibility index (Phi) is 4.15. The van der Waals surface area contributed by atoms with Crippen LogP contribution in [0.4, 0.5) is 11.4 Å². The molecule has 0 aliphatic rings. The van der Waals surface area contributed by atoms with E-state index in [0.29, 0.717) is 34.1 Å². The number of hydrogen-bond acceptors (Lipinski definition) is 4. The summed E-state index contributed by atoms with van der Waals surface area (Å²) < 4.78 is 1.44. The molecule has 7 heteroatoms. The molecule has 0 atom stereocenters. The van der Waals surface area contributed by atoms with E-state index in [1.165, 1.54) is 10.7 Å². The average molecular weight is 304 g/mol. The maximum absolute atomic E-state index is 12.3. The summed E-state index contributed by atoms with van der Waals surface area (Å²) in [5, 5.41) is 16.1. The highest BCUT2D eigenvalue weighted by Gasteiger charge is 2.20. The van der Waals surface area contributed by atoms with E-state index in [2.05, 4.69) is 10.4 Å². The molecular weight excluding hydrogens is 290 g/mol. The number of rotatable bonds is 3. The summed E-state index contributed by atoms with van der Waals surface area (Å²) in [5.41, 5.74) is 7.99. The van der Waals surface area contributed by atoms with Crippen molar-refractivity contribution in [1.29, 1.82) is 5.26 Å². The number of halogens is 1. The van der Waals surface area contributed by atoms with Gasteiger partial charge in [0.2, 0.25) is 0 Å². The van der Waals surface area contributed by atoms with Gasteiger partial charge in [0.1, 0.15) is 5.69 Å². The lowest BCUT2D eigenvalue weighted by molar-refractivity contribution is 0.101. The van der Waals surface area contributed by atoms with Crippen LogP contribution in [-0.4, -0.2) is 15.7 Å². The highest BCUT2D eigenvalue weighted by molar-refractivity contribution is 6.34. The van der Waals surface area contributed by atoms with Crippen molar-refractivity contribution in [2.75, 3.05) is 11.1 Å². The van der Waals surface area contributed by atoms with Crippen LogP contribution in [0.3, 0.4) is 0 Å². The van der Waals surface area contributed by atoms with Crippen molar-refractivity contribution in [2.45, 2.75) is 13.3 Å². The Labute approximate surface area is 127 Å². The molecule has 0 unspecified atom stereocenters. The second-order valence-electron chi connectivity index (χ2n) is 4.45. The van der Waals surface area contributed by atoms with Crippen LogP contribution in [0.15, 0.2) is 18.2 Å². The summed E-state index contributed by atoms with van der Waals surface area (Å²) in [6.07, 6.45) is 0.637. The number of carbonyl (C=O) groups excluding carboxylic acids is 1. The fourth-order valence-corrected chi connectivity index (χ4v) is 2.16. The molecule has 0 spiro atoms. The molecule has 0 bridgehead atoms. The minimum atomic E-state index is -0.417. The van der Waals surface area contributed by atoms with Gasteiger partial charge in [-0.25, -0.2) is 0 Å². The van der Waals surface area contributed by atoms with Gasteiger partial charge in [0.05, 0.1) is 33.7 Å². The van der Waals surface area contributed by atoms with Crippen LogP contribution in [0.1, 0.15) is 28.7 Å². The molecule has 1 aromatic carbocycles. The first-order chi connectivity index (χ1) is 9.97. The maximum Gasteiger partial charge on any atom is 0.276 e. The monoisotopic (exact) mass is 303 g/mol. The predicted octanol–water partition coefficient (Wildman–Crippen LogP) is 2.34. The first kappa shape index (κ1) is 14.9. The Hall–Kier alpha value is -2.52. The van der Waals surface area contributed by atoms with Gasteiger partial charge in [0.15, 0.2) is 0 Å². The number of aryl methyl sites for hydroxylation is 2. The molecule has 0 aliphatic carbocycles. The lowest BCUT2D eigenvalue weighted by Gasteiger charge is -2.08. The van der Waals surface area contributed by atoms with Gasteiger partial charge in [-0.3, -0.25) is 9.48 Å². The summed E-state index contributed by atoms with van der Waals surface area (Å²) in [6.45, 7) is 1.91. The summed E-state index contributed by atoms with van der Waals surface area (Å²) in [5.74, 6) is -0.417. The smallest absolute Gasteiger partial charge is 0.276 e. The normalized spacial score (nSPS) is 10.2. The van der Waals surface area contributed by atoms with Crippen LogP contribution >= 0.6 is 11.6 Å². The number of aromatic nitrogens is 2. The molecule has 0 saturated heterocycles. The summed E-state index contributed by atoms with van der Waals surface area (Å²) in [6, 6.07) is 6.63. The highest BCUT2D eigenvalue weighted by atomic mass is 35.5. The van der Waals surface area contributed by atoms with E-state index in [-0.39, 0.29) is 5.69 Å². The zero-order valence-corrected chi connectivity index (χ0v) is 12.4. The van der Waals surface area contributed by atoms with E-state index >= 15 is 0 Å². The lowest BCUT2D eigenvalue weighted by Crippen LogP contribution is -2.18. The third-order valence-electron chi connectivity index (χ3n) is 3.05. The molecule has 2 rings (SSSR count). The summed E-state index contributed by atoms with van der Waals surface area (Å²) >= 11 is 6.02. The van der Waals surface area contributed by atoms with Crippen LogP contribution in [0.2, 0.25) is 5.02 Å². The molecule has 0 fully saturated rings. The molecule has 6 nitrogen and oxygen atoms in total. The SMILES string of the molecule is CCc1nn(C)c(C(=O)Nc2cc(C#N)ccc2Cl)c1N. The molecular formula is C14H14ClN5O. The fourth-order valence-electron chi connectivity index (χ4n) is 2.00. The standard InChI is InChI=1S/C14H14ClN5O/c1-3-10-12(17)13(20(2)19-10)14(21)18-11-6-8(7-16)4-5-9(11)15/h4-6H,3,17H2,1-2H3,(H,18,21). The fraction of sp³-hybridized carbons (Fsp3) is 0.214. The van der Waals surface area contributed by atoms with Crippen molar-refractivity contribution in [3.05, 3.63) is 40.2 Å². The van der Waals surface area contributed by atoms with Crippen molar-refractivity contribution < 1.29 is 4.79 Å². The number of nitrogens with one attached hydrogen (secondary N) is 1. The van der Waals surface area contributed by atoms with Gasteiger partial charge in [-0.05, 0) is 24.6 Å². The van der Waals surface area contributed by atoms with Crippen molar-refractivity contribution in [1.82, 2.24) is 9.78 Å². The zero-order chi connectivity index (χ0) is 15.6. The van der Waals surface area contributed by atoms with Crippen LogP contribution in [0, 0.1) is 11.3 Å². The number of anilines is 2. The lowest BCUT2D eigenvalue weighted by atomic mass is 10.2. The van der Waals surface area contributed by atoms with Gasteiger partial charge < -0.3 is 11.1 Å². The van der Waals surface area contributed by atoms with Crippen LogP contribution in [0.25, 0.3) is 0 Å². The second kappa shape index (κ2) is 5.85. The van der Waals surface area contributed by atoms with E-state index < -0.39 is 5.91 Å². The maximum atomic E-state index is 12.3. The van der Waals surface area contributed by atoms with Crippen LogP contribution in [-0.2, 0) is 13.5 Å². The number of nitrogens with two attached hydrogens (primary N) is 1. The van der Waals surface area contributed by atoms with Gasteiger partial charge in [-0.1, -0.05) is 18.5 Å². The molecule has 1 aromatic heterocycles. The summed E-state index contributed by atoms with van der Waals surface area (Å²) in [4.78, 5) is 12.3. The third-order valence-corrected chi connectivity index (χ3v) is 3.38. The second-order valence-corrected chi connectivity index (χ2v) is 4.85. The van der Waals surface area contributed by atoms with Crippen molar-refractivity contribution in [3.63, 3.8) is 0 Å². The molecule has 21 heavy (non-hydrogen) atoms. The molecule has 1 heterocycles. The summed E-state index contributed by atoms with van der Waals surface area (Å²) in [7, 11) is 1.65. The third kappa shape index (κ3) is 2.83. The largest absolute Gasteiger partial charge is 0.395 e. The number of nitriles is 1. The molecule has 108 valence electrons. The quantitative estimate of drug-likeness (QED) is 0.909. The van der Waals surface area contributed by atoms with Gasteiger partial charge in [-0.15, -0.1) is 0 Å². The van der Waals surface area contributed by atoms with Gasteiger partial charge >= 0.3 is 0 Å². The van der Waals surface area contributed by atoms with Crippen LogP contribution in [0.5, 0.6) is 0 Å². The van der Waals surface area contributed by atoms with E-state index in [9.17, 15) is 4.79 Å². The Bertz CT molecular complexity index is 745. The predicted molar refractivity (Wildman–Crippen MR) is 81.1 cm³/mol. The van der Waals surface area contributed by atoms with Crippen molar-refractivity contribution >= 4 is 28.9 Å². The first-order valence-corrected chi connectivity index (χ1v) is 6.68. The molecule has 3 N–H and O–H groups in total. The topological polar surface area (TPSA) is 96.7 Å². The van der Waals surface area contributed by atoms with Crippen LogP contribution < -0.4 is 11.1 Å². The van der Waals surface area contributed by atoms with Crippen molar-refractivity contribution in [3.8, 4) is 6.07 Å². The first-order valence-electron chi connectivity index (χ1n) is 6.30. The number of hydrogen-bond donors (Lipinski definition) is 2. The number of amides is 1. The Balaban J connectivity index is 2.35. The van der Waals surface area contributed by atoms with Gasteiger partial charge in [0.25, 0.3) is 5.91 Å². The van der Waals surface area contributed by atoms with E-state index in [4.69, 9.17) is 22.6 Å². The number of nitrogens with zero attached hydrogens (tertiary/aromatic N) is 3. The number of nitrogen functional groups attached to an aromatic ring is 1. The van der Waals surface area contributed by atoms with Gasteiger partial charge in [-0.2, -0.15) is 10.4 Å². The Morgan fingerprint density at radius 1 is 1.57 bits per heavy atom. The van der Waals surface area contributed by atoms with E-state index in [0.717, 1.165) is 0 Å². The minimum Gasteiger partial charge on any atom is -0.395 e. The van der Waals surface area contributed by atoms with Gasteiger partial charge in [0, 0.05) is 7.05 Å². The molecule has 0 saturated carbocycles. The molecule has 0 radical (unpaired) electrons.